The Hall–Kier alpha value is -0.660. The molecular formula is C9H8BrClN2O3S. The number of carbonyl (C=O) groups excluding carboxylic acids is 1. The monoisotopic (exact) mass is 338 g/mol. The highest BCUT2D eigenvalue weighted by Crippen LogP contribution is 2.31. The number of nitrogens with zero attached hydrogens (tertiary/aromatic N) is 2. The SMILES string of the molecule is O=C1CC(S(=O)(=O)Cl)CN1c1ccncc1Br. The second-order valence-corrected chi connectivity index (χ2v) is 7.40. The lowest BCUT2D eigenvalue weighted by Gasteiger charge is -2.17. The van der Waals surface area contributed by atoms with Gasteiger partial charge in [-0.3, -0.25) is 9.78 Å². The van der Waals surface area contributed by atoms with Crippen molar-refractivity contribution < 1.29 is 13.2 Å². The van der Waals surface area contributed by atoms with Crippen molar-refractivity contribution >= 4 is 47.3 Å². The van der Waals surface area contributed by atoms with Gasteiger partial charge in [0.2, 0.25) is 15.0 Å². The zero-order valence-electron chi connectivity index (χ0n) is 8.51. The van der Waals surface area contributed by atoms with Gasteiger partial charge in [0, 0.05) is 36.0 Å². The van der Waals surface area contributed by atoms with Crippen molar-refractivity contribution in [2.45, 2.75) is 11.7 Å². The van der Waals surface area contributed by atoms with E-state index in [4.69, 9.17) is 10.7 Å². The lowest BCUT2D eigenvalue weighted by atomic mass is 10.3. The van der Waals surface area contributed by atoms with Gasteiger partial charge in [-0.15, -0.1) is 0 Å². The van der Waals surface area contributed by atoms with Crippen molar-refractivity contribution in [1.82, 2.24) is 4.98 Å². The Balaban J connectivity index is 2.31. The number of halogens is 2. The predicted molar refractivity (Wildman–Crippen MR) is 67.5 cm³/mol. The smallest absolute Gasteiger partial charge is 0.237 e. The lowest BCUT2D eigenvalue weighted by Crippen LogP contribution is -2.27. The molecule has 5 nitrogen and oxygen atoms in total. The minimum absolute atomic E-state index is 0.0767. The van der Waals surface area contributed by atoms with Gasteiger partial charge >= 0.3 is 0 Å². The molecule has 1 aromatic heterocycles. The lowest BCUT2D eigenvalue weighted by molar-refractivity contribution is -0.117. The molecule has 1 unspecified atom stereocenters. The topological polar surface area (TPSA) is 67.3 Å². The molecule has 0 radical (unpaired) electrons. The third-order valence-electron chi connectivity index (χ3n) is 2.53. The molecule has 0 N–H and O–H groups in total. The fraction of sp³-hybridized carbons (Fsp3) is 0.333. The van der Waals surface area contributed by atoms with Gasteiger partial charge in [-0.2, -0.15) is 0 Å². The molecule has 0 saturated carbocycles. The van der Waals surface area contributed by atoms with E-state index in [2.05, 4.69) is 20.9 Å². The molecule has 0 aliphatic carbocycles. The summed E-state index contributed by atoms with van der Waals surface area (Å²) in [5.41, 5.74) is 0.604. The fourth-order valence-electron chi connectivity index (χ4n) is 1.68. The average Bonchev–Trinajstić information content (AvgIpc) is 2.61. The number of pyridine rings is 1. The zero-order valence-corrected chi connectivity index (χ0v) is 11.7. The maximum Gasteiger partial charge on any atom is 0.237 e. The molecule has 2 heterocycles. The van der Waals surface area contributed by atoms with E-state index < -0.39 is 14.3 Å². The van der Waals surface area contributed by atoms with Gasteiger partial charge in [-0.05, 0) is 22.0 Å². The summed E-state index contributed by atoms with van der Waals surface area (Å²) in [4.78, 5) is 17.0. The molecule has 17 heavy (non-hydrogen) atoms. The van der Waals surface area contributed by atoms with Crippen LogP contribution >= 0.6 is 26.6 Å². The highest BCUT2D eigenvalue weighted by atomic mass is 79.9. The van der Waals surface area contributed by atoms with Crippen LogP contribution in [-0.4, -0.2) is 31.1 Å². The quantitative estimate of drug-likeness (QED) is 0.766. The van der Waals surface area contributed by atoms with Crippen LogP contribution in [0.5, 0.6) is 0 Å². The van der Waals surface area contributed by atoms with E-state index in [0.717, 1.165) is 0 Å². The molecular weight excluding hydrogens is 332 g/mol. The molecule has 0 aromatic carbocycles. The largest absolute Gasteiger partial charge is 0.310 e. The molecule has 0 spiro atoms. The van der Waals surface area contributed by atoms with Crippen molar-refractivity contribution in [3.63, 3.8) is 0 Å². The van der Waals surface area contributed by atoms with Crippen LogP contribution in [0.25, 0.3) is 0 Å². The number of anilines is 1. The first kappa shape index (κ1) is 12.8. The molecule has 1 saturated heterocycles. The molecule has 92 valence electrons. The molecule has 8 heteroatoms. The summed E-state index contributed by atoms with van der Waals surface area (Å²) in [5.74, 6) is -0.258. The molecule has 1 aliphatic rings. The van der Waals surface area contributed by atoms with Crippen molar-refractivity contribution in [2.75, 3.05) is 11.4 Å². The first-order valence-electron chi connectivity index (χ1n) is 4.73. The maximum atomic E-state index is 11.7. The van der Waals surface area contributed by atoms with E-state index in [9.17, 15) is 13.2 Å². The van der Waals surface area contributed by atoms with Crippen LogP contribution in [0.2, 0.25) is 0 Å². The van der Waals surface area contributed by atoms with Crippen LogP contribution in [0.4, 0.5) is 5.69 Å². The summed E-state index contributed by atoms with van der Waals surface area (Å²) in [7, 11) is 1.56. The van der Waals surface area contributed by atoms with Crippen LogP contribution in [0.1, 0.15) is 6.42 Å². The van der Waals surface area contributed by atoms with Crippen LogP contribution in [0.15, 0.2) is 22.9 Å². The first-order valence-corrected chi connectivity index (χ1v) is 7.89. The zero-order chi connectivity index (χ0) is 12.6. The Labute approximate surface area is 111 Å². The highest BCUT2D eigenvalue weighted by molar-refractivity contribution is 9.10. The van der Waals surface area contributed by atoms with E-state index in [1.54, 1.807) is 12.3 Å². The molecule has 2 rings (SSSR count). The van der Waals surface area contributed by atoms with E-state index in [-0.39, 0.29) is 18.9 Å². The second kappa shape index (κ2) is 4.55. The van der Waals surface area contributed by atoms with Crippen molar-refractivity contribution in [3.05, 3.63) is 22.9 Å². The van der Waals surface area contributed by atoms with Gasteiger partial charge in [0.1, 0.15) is 5.25 Å². The number of hydrogen-bond acceptors (Lipinski definition) is 4. The van der Waals surface area contributed by atoms with Gasteiger partial charge < -0.3 is 4.90 Å². The van der Waals surface area contributed by atoms with Gasteiger partial charge in [0.25, 0.3) is 0 Å². The Morgan fingerprint density at radius 1 is 1.53 bits per heavy atom. The Bertz CT molecular complexity index is 563. The summed E-state index contributed by atoms with van der Waals surface area (Å²) < 4.78 is 23.0. The maximum absolute atomic E-state index is 11.7. The second-order valence-electron chi connectivity index (χ2n) is 3.63. The van der Waals surface area contributed by atoms with E-state index in [1.807, 2.05) is 0 Å². The standard InChI is InChI=1S/C9H8BrClN2O3S/c10-7-4-12-2-1-8(7)13-5-6(3-9(13)14)17(11,15)16/h1-2,4,6H,3,5H2. The van der Waals surface area contributed by atoms with Crippen molar-refractivity contribution in [1.29, 1.82) is 0 Å². The van der Waals surface area contributed by atoms with E-state index >= 15 is 0 Å². The Morgan fingerprint density at radius 3 is 2.76 bits per heavy atom. The van der Waals surface area contributed by atoms with Gasteiger partial charge in [-0.25, -0.2) is 8.42 Å². The summed E-state index contributed by atoms with van der Waals surface area (Å²) >= 11 is 3.27. The molecule has 0 bridgehead atoms. The van der Waals surface area contributed by atoms with Crippen LogP contribution in [0, 0.1) is 0 Å². The summed E-state index contributed by atoms with van der Waals surface area (Å²) in [6, 6.07) is 1.64. The Kier molecular flexibility index (Phi) is 3.42. The van der Waals surface area contributed by atoms with Crippen molar-refractivity contribution in [2.24, 2.45) is 0 Å². The molecule has 1 fully saturated rings. The van der Waals surface area contributed by atoms with E-state index in [1.165, 1.54) is 11.1 Å². The third-order valence-corrected chi connectivity index (χ3v) is 5.01. The summed E-state index contributed by atoms with van der Waals surface area (Å²) in [6.07, 6.45) is 3.00. The van der Waals surface area contributed by atoms with Gasteiger partial charge in [-0.1, -0.05) is 0 Å². The molecule has 1 aliphatic heterocycles. The number of hydrogen-bond donors (Lipinski definition) is 0. The van der Waals surface area contributed by atoms with Crippen LogP contribution in [-0.2, 0) is 13.8 Å². The van der Waals surface area contributed by atoms with Gasteiger partial charge in [0.05, 0.1) is 10.2 Å². The van der Waals surface area contributed by atoms with E-state index in [0.29, 0.717) is 10.2 Å². The minimum Gasteiger partial charge on any atom is -0.310 e. The Morgan fingerprint density at radius 2 is 2.24 bits per heavy atom. The molecule has 1 amide bonds. The van der Waals surface area contributed by atoms with Crippen LogP contribution in [0.3, 0.4) is 0 Å². The van der Waals surface area contributed by atoms with Crippen LogP contribution < -0.4 is 4.90 Å². The summed E-state index contributed by atoms with van der Waals surface area (Å²) in [6.45, 7) is 0.0767. The number of aromatic nitrogens is 1. The normalized spacial score (nSPS) is 20.9. The summed E-state index contributed by atoms with van der Waals surface area (Å²) in [5, 5.41) is -0.850. The number of rotatable bonds is 2. The predicted octanol–water partition coefficient (Wildman–Crippen LogP) is 1.52. The molecule has 1 aromatic rings. The highest BCUT2D eigenvalue weighted by Gasteiger charge is 2.38. The van der Waals surface area contributed by atoms with Gasteiger partial charge in [0.15, 0.2) is 0 Å². The minimum atomic E-state index is -3.71. The first-order chi connectivity index (χ1) is 7.89. The fourth-order valence-corrected chi connectivity index (χ4v) is 3.17. The molecule has 1 atom stereocenters. The number of amides is 1. The van der Waals surface area contributed by atoms with Crippen molar-refractivity contribution in [3.8, 4) is 0 Å². The number of carbonyl (C=O) groups is 1. The average molecular weight is 340 g/mol. The third kappa shape index (κ3) is 2.61.